The van der Waals surface area contributed by atoms with E-state index in [0.29, 0.717) is 23.8 Å². The van der Waals surface area contributed by atoms with E-state index in [1.165, 1.54) is 19.3 Å². The molecule has 0 aromatic heterocycles. The molecule has 1 saturated carbocycles. The molecule has 0 bridgehead atoms. The fourth-order valence-electron chi connectivity index (χ4n) is 2.51. The zero-order chi connectivity index (χ0) is 12.3. The van der Waals surface area contributed by atoms with Crippen LogP contribution >= 0.6 is 0 Å². The fraction of sp³-hybridized carbons (Fsp3) is 0.571. The van der Waals surface area contributed by atoms with Crippen molar-refractivity contribution in [2.24, 2.45) is 11.8 Å². The summed E-state index contributed by atoms with van der Waals surface area (Å²) in [5.41, 5.74) is 0.680. The van der Waals surface area contributed by atoms with Crippen molar-refractivity contribution < 1.29 is 14.9 Å². The summed E-state index contributed by atoms with van der Waals surface area (Å²) in [4.78, 5) is 0. The SMILES string of the molecule is CC1CCC(COc2cc(O)cc(CO)c2)C1. The summed E-state index contributed by atoms with van der Waals surface area (Å²) in [5.74, 6) is 2.23. The molecule has 0 saturated heterocycles. The zero-order valence-electron chi connectivity index (χ0n) is 10.2. The molecule has 94 valence electrons. The maximum Gasteiger partial charge on any atom is 0.123 e. The third-order valence-electron chi connectivity index (χ3n) is 3.42. The highest BCUT2D eigenvalue weighted by Crippen LogP contribution is 2.31. The van der Waals surface area contributed by atoms with Gasteiger partial charge in [-0.25, -0.2) is 0 Å². The van der Waals surface area contributed by atoms with Gasteiger partial charge in [-0.1, -0.05) is 13.3 Å². The number of phenols is 1. The van der Waals surface area contributed by atoms with Crippen molar-refractivity contribution in [3.05, 3.63) is 23.8 Å². The fourth-order valence-corrected chi connectivity index (χ4v) is 2.51. The first kappa shape index (κ1) is 12.2. The van der Waals surface area contributed by atoms with Gasteiger partial charge in [-0.05, 0) is 42.4 Å². The number of benzene rings is 1. The van der Waals surface area contributed by atoms with Gasteiger partial charge in [-0.15, -0.1) is 0 Å². The van der Waals surface area contributed by atoms with Gasteiger partial charge in [0, 0.05) is 6.07 Å². The molecular weight excluding hydrogens is 216 g/mol. The largest absolute Gasteiger partial charge is 0.508 e. The lowest BCUT2D eigenvalue weighted by Crippen LogP contribution is -2.08. The van der Waals surface area contributed by atoms with Crippen molar-refractivity contribution >= 4 is 0 Å². The Morgan fingerprint density at radius 2 is 2.12 bits per heavy atom. The molecule has 1 aliphatic rings. The summed E-state index contributed by atoms with van der Waals surface area (Å²) in [7, 11) is 0. The average Bonchev–Trinajstić information content (AvgIpc) is 2.72. The van der Waals surface area contributed by atoms with Gasteiger partial charge in [0.25, 0.3) is 0 Å². The lowest BCUT2D eigenvalue weighted by atomic mass is 10.1. The van der Waals surface area contributed by atoms with Crippen molar-refractivity contribution in [3.8, 4) is 11.5 Å². The minimum atomic E-state index is -0.0782. The lowest BCUT2D eigenvalue weighted by Gasteiger charge is -2.12. The second-order valence-electron chi connectivity index (χ2n) is 5.09. The van der Waals surface area contributed by atoms with Crippen LogP contribution < -0.4 is 4.74 Å². The Morgan fingerprint density at radius 3 is 2.76 bits per heavy atom. The molecule has 1 aromatic rings. The molecular formula is C14H20O3. The van der Waals surface area contributed by atoms with Crippen molar-refractivity contribution in [3.63, 3.8) is 0 Å². The van der Waals surface area contributed by atoms with Gasteiger partial charge in [0.05, 0.1) is 13.2 Å². The summed E-state index contributed by atoms with van der Waals surface area (Å²) >= 11 is 0. The topological polar surface area (TPSA) is 49.7 Å². The van der Waals surface area contributed by atoms with Crippen LogP contribution in [0.2, 0.25) is 0 Å². The predicted molar refractivity (Wildman–Crippen MR) is 66.0 cm³/mol. The molecule has 2 rings (SSSR count). The Morgan fingerprint density at radius 1 is 1.29 bits per heavy atom. The third-order valence-corrected chi connectivity index (χ3v) is 3.42. The minimum Gasteiger partial charge on any atom is -0.508 e. The average molecular weight is 236 g/mol. The van der Waals surface area contributed by atoms with Gasteiger partial charge < -0.3 is 14.9 Å². The summed E-state index contributed by atoms with van der Waals surface area (Å²) in [6.07, 6.45) is 3.74. The van der Waals surface area contributed by atoms with Crippen LogP contribution in [0.1, 0.15) is 31.7 Å². The number of phenolic OH excluding ortho intramolecular Hbond substituents is 1. The van der Waals surface area contributed by atoms with Gasteiger partial charge in [0.2, 0.25) is 0 Å². The number of aliphatic hydroxyl groups is 1. The normalized spacial score (nSPS) is 23.9. The van der Waals surface area contributed by atoms with Crippen LogP contribution in [0.25, 0.3) is 0 Å². The first-order valence-corrected chi connectivity index (χ1v) is 6.24. The van der Waals surface area contributed by atoms with Gasteiger partial charge in [0.1, 0.15) is 11.5 Å². The molecule has 2 N–H and O–H groups in total. The Balaban J connectivity index is 1.92. The van der Waals surface area contributed by atoms with Crippen LogP contribution in [0.5, 0.6) is 11.5 Å². The van der Waals surface area contributed by atoms with Crippen LogP contribution in [-0.4, -0.2) is 16.8 Å². The Hall–Kier alpha value is -1.22. The molecule has 1 fully saturated rings. The molecule has 1 aromatic carbocycles. The number of aliphatic hydroxyl groups excluding tert-OH is 1. The smallest absolute Gasteiger partial charge is 0.123 e. The molecule has 0 aliphatic heterocycles. The van der Waals surface area contributed by atoms with Crippen LogP contribution in [0.3, 0.4) is 0 Å². The molecule has 2 atom stereocenters. The first-order chi connectivity index (χ1) is 8.17. The molecule has 3 nitrogen and oxygen atoms in total. The molecule has 0 spiro atoms. The Kier molecular flexibility index (Phi) is 3.89. The Bertz CT molecular complexity index is 376. The number of ether oxygens (including phenoxy) is 1. The molecule has 3 heteroatoms. The van der Waals surface area contributed by atoms with E-state index < -0.39 is 0 Å². The van der Waals surface area contributed by atoms with E-state index in [0.717, 1.165) is 5.92 Å². The van der Waals surface area contributed by atoms with Gasteiger partial charge in [-0.3, -0.25) is 0 Å². The van der Waals surface area contributed by atoms with E-state index in [9.17, 15) is 5.11 Å². The van der Waals surface area contributed by atoms with E-state index in [2.05, 4.69) is 6.92 Å². The molecule has 17 heavy (non-hydrogen) atoms. The lowest BCUT2D eigenvalue weighted by molar-refractivity contribution is 0.245. The monoisotopic (exact) mass is 236 g/mol. The van der Waals surface area contributed by atoms with E-state index >= 15 is 0 Å². The van der Waals surface area contributed by atoms with Crippen LogP contribution in [-0.2, 0) is 6.61 Å². The van der Waals surface area contributed by atoms with Crippen LogP contribution in [0.15, 0.2) is 18.2 Å². The summed E-state index contributed by atoms with van der Waals surface area (Å²) < 4.78 is 5.69. The van der Waals surface area contributed by atoms with E-state index in [4.69, 9.17) is 9.84 Å². The van der Waals surface area contributed by atoms with Crippen molar-refractivity contribution in [2.75, 3.05) is 6.61 Å². The van der Waals surface area contributed by atoms with Gasteiger partial charge in [0.15, 0.2) is 0 Å². The second-order valence-corrected chi connectivity index (χ2v) is 5.09. The quantitative estimate of drug-likeness (QED) is 0.845. The number of rotatable bonds is 4. The molecule has 0 amide bonds. The molecule has 1 aliphatic carbocycles. The number of aromatic hydroxyl groups is 1. The summed E-state index contributed by atoms with van der Waals surface area (Å²) in [5, 5.41) is 18.5. The van der Waals surface area contributed by atoms with Crippen molar-refractivity contribution in [1.29, 1.82) is 0 Å². The number of hydrogen-bond acceptors (Lipinski definition) is 3. The standard InChI is InChI=1S/C14H20O3/c1-10-2-3-11(4-10)9-17-14-6-12(8-15)5-13(16)7-14/h5-7,10-11,15-16H,2-4,8-9H2,1H3. The van der Waals surface area contributed by atoms with Crippen molar-refractivity contribution in [2.45, 2.75) is 32.8 Å². The van der Waals surface area contributed by atoms with E-state index in [1.807, 2.05) is 0 Å². The summed E-state index contributed by atoms with van der Waals surface area (Å²) in [6.45, 7) is 2.90. The van der Waals surface area contributed by atoms with Gasteiger partial charge in [-0.2, -0.15) is 0 Å². The Labute approximate surface area is 102 Å². The van der Waals surface area contributed by atoms with Gasteiger partial charge >= 0.3 is 0 Å². The molecule has 2 unspecified atom stereocenters. The van der Waals surface area contributed by atoms with Crippen LogP contribution in [0.4, 0.5) is 0 Å². The minimum absolute atomic E-state index is 0.0782. The predicted octanol–water partition coefficient (Wildman–Crippen LogP) is 2.70. The zero-order valence-corrected chi connectivity index (χ0v) is 10.2. The first-order valence-electron chi connectivity index (χ1n) is 6.24. The maximum atomic E-state index is 9.47. The highest BCUT2D eigenvalue weighted by Gasteiger charge is 2.21. The maximum absolute atomic E-state index is 9.47. The second kappa shape index (κ2) is 5.41. The van der Waals surface area contributed by atoms with Crippen molar-refractivity contribution in [1.82, 2.24) is 0 Å². The van der Waals surface area contributed by atoms with E-state index in [1.54, 1.807) is 18.2 Å². The molecule has 0 heterocycles. The third kappa shape index (κ3) is 3.37. The van der Waals surface area contributed by atoms with Crippen LogP contribution in [0, 0.1) is 11.8 Å². The highest BCUT2D eigenvalue weighted by atomic mass is 16.5. The number of hydrogen-bond donors (Lipinski definition) is 2. The van der Waals surface area contributed by atoms with E-state index in [-0.39, 0.29) is 12.4 Å². The molecule has 0 radical (unpaired) electrons. The summed E-state index contributed by atoms with van der Waals surface area (Å²) in [6, 6.07) is 4.92. The highest BCUT2D eigenvalue weighted by molar-refractivity contribution is 5.37.